The highest BCUT2D eigenvalue weighted by Crippen LogP contribution is 2.13. The molecule has 33 heavy (non-hydrogen) atoms. The summed E-state index contributed by atoms with van der Waals surface area (Å²) in [5.41, 5.74) is 4.94. The van der Waals surface area contributed by atoms with Gasteiger partial charge in [-0.05, 0) is 45.7 Å². The monoisotopic (exact) mass is 497 g/mol. The smallest absolute Gasteiger partial charge is 0.408 e. The number of carbonyl (C=O) groups excluding carboxylic acids is 2. The average Bonchev–Trinajstić information content (AvgIpc) is 3.22. The summed E-state index contributed by atoms with van der Waals surface area (Å²) in [5.74, 6) is -0.784. The molecule has 0 bridgehead atoms. The maximum absolute atomic E-state index is 12.6. The second-order valence-corrected chi connectivity index (χ2v) is 10.2. The molecule has 1 atom stereocenters. The molecule has 0 aliphatic heterocycles. The Bertz CT molecular complexity index is 1050. The molecule has 2 rings (SSSR count). The molecule has 0 aliphatic rings. The molecule has 2 aromatic rings. The maximum atomic E-state index is 12.6. The lowest BCUT2D eigenvalue weighted by molar-refractivity contribution is -0.118. The Hall–Kier alpha value is -3.26. The van der Waals surface area contributed by atoms with Crippen LogP contribution in [0.15, 0.2) is 46.0 Å². The number of hydrogen-bond donors (Lipinski definition) is 4. The van der Waals surface area contributed by atoms with Crippen molar-refractivity contribution < 1.29 is 22.7 Å². The van der Waals surface area contributed by atoms with Crippen LogP contribution in [-0.4, -0.2) is 54.5 Å². The summed E-state index contributed by atoms with van der Waals surface area (Å²) in [5, 5.41) is 7.07. The van der Waals surface area contributed by atoms with Crippen molar-refractivity contribution in [3.63, 3.8) is 0 Å². The highest BCUT2D eigenvalue weighted by Gasteiger charge is 2.24. The van der Waals surface area contributed by atoms with E-state index in [1.165, 1.54) is 29.7 Å². The third-order valence-electron chi connectivity index (χ3n) is 3.75. The number of amides is 2. The summed E-state index contributed by atoms with van der Waals surface area (Å²) in [6.45, 7) is 5.23. The minimum absolute atomic E-state index is 0.105. The standard InChI is InChI=1S/C19H27N7O5S2/c1-19(2,3)31-18(28)24-13(15(27)25-17-23-11-12-32-17)7-6-10-22-16(20)26-33(29,30)14-8-4-5-9-21-14/h4-5,8-9,11-13H,6-7,10H2,1-3H3,(H,24,28)(H3,20,22,26)(H,23,25,27)/t13-/m0/s1. The Kier molecular flexibility index (Phi) is 9.11. The molecule has 2 heterocycles. The Balaban J connectivity index is 1.95. The molecule has 0 saturated heterocycles. The first-order valence-corrected chi connectivity index (χ1v) is 12.3. The summed E-state index contributed by atoms with van der Waals surface area (Å²) in [6.07, 6.45) is 2.65. The average molecular weight is 498 g/mol. The van der Waals surface area contributed by atoms with Crippen molar-refractivity contribution in [3.8, 4) is 0 Å². The fourth-order valence-corrected chi connectivity index (χ4v) is 3.85. The number of sulfonamides is 1. The van der Waals surface area contributed by atoms with E-state index in [1.54, 1.807) is 38.4 Å². The number of thiazole rings is 1. The van der Waals surface area contributed by atoms with E-state index in [0.717, 1.165) is 0 Å². The van der Waals surface area contributed by atoms with Crippen LogP contribution in [0.2, 0.25) is 0 Å². The molecule has 12 nitrogen and oxygen atoms in total. The van der Waals surface area contributed by atoms with E-state index in [-0.39, 0.29) is 24.0 Å². The van der Waals surface area contributed by atoms with Gasteiger partial charge in [0, 0.05) is 24.3 Å². The number of nitrogens with one attached hydrogen (secondary N) is 3. The van der Waals surface area contributed by atoms with E-state index in [4.69, 9.17) is 10.5 Å². The van der Waals surface area contributed by atoms with Gasteiger partial charge in [0.1, 0.15) is 11.6 Å². The fraction of sp³-hybridized carbons (Fsp3) is 0.421. The molecule has 2 aromatic heterocycles. The van der Waals surface area contributed by atoms with Crippen molar-refractivity contribution in [1.29, 1.82) is 0 Å². The van der Waals surface area contributed by atoms with Crippen LogP contribution in [0.3, 0.4) is 0 Å². The Morgan fingerprint density at radius 3 is 2.61 bits per heavy atom. The molecule has 0 unspecified atom stereocenters. The van der Waals surface area contributed by atoms with E-state index >= 15 is 0 Å². The van der Waals surface area contributed by atoms with Crippen molar-refractivity contribution >= 4 is 44.5 Å². The topological polar surface area (TPSA) is 178 Å². The highest BCUT2D eigenvalue weighted by molar-refractivity contribution is 7.90. The maximum Gasteiger partial charge on any atom is 0.408 e. The van der Waals surface area contributed by atoms with Gasteiger partial charge < -0.3 is 21.1 Å². The molecule has 0 fully saturated rings. The molecule has 2 amide bonds. The van der Waals surface area contributed by atoms with Gasteiger partial charge in [-0.2, -0.15) is 8.42 Å². The lowest BCUT2D eigenvalue weighted by Crippen LogP contribution is -2.45. The molecule has 0 aromatic carbocycles. The predicted octanol–water partition coefficient (Wildman–Crippen LogP) is 1.44. The number of alkyl carbamates (subject to hydrolysis) is 1. The van der Waals surface area contributed by atoms with Crippen molar-refractivity contribution in [2.24, 2.45) is 10.7 Å². The molecule has 180 valence electrons. The van der Waals surface area contributed by atoms with E-state index in [0.29, 0.717) is 11.6 Å². The number of rotatable bonds is 9. The summed E-state index contributed by atoms with van der Waals surface area (Å²) in [4.78, 5) is 36.5. The Morgan fingerprint density at radius 1 is 1.24 bits per heavy atom. The number of ether oxygens (including phenoxy) is 1. The minimum Gasteiger partial charge on any atom is -0.444 e. The summed E-state index contributed by atoms with van der Waals surface area (Å²) >= 11 is 1.24. The first-order chi connectivity index (χ1) is 15.5. The number of aliphatic imine (C=N–C) groups is 1. The van der Waals surface area contributed by atoms with Crippen LogP contribution in [0.25, 0.3) is 0 Å². The third-order valence-corrected chi connectivity index (χ3v) is 5.71. The van der Waals surface area contributed by atoms with Gasteiger partial charge in [-0.1, -0.05) is 6.07 Å². The number of aromatic nitrogens is 2. The van der Waals surface area contributed by atoms with Gasteiger partial charge in [-0.3, -0.25) is 9.79 Å². The minimum atomic E-state index is -3.95. The van der Waals surface area contributed by atoms with Gasteiger partial charge in [0.2, 0.25) is 11.9 Å². The van der Waals surface area contributed by atoms with Crippen LogP contribution in [0.1, 0.15) is 33.6 Å². The number of pyridine rings is 1. The van der Waals surface area contributed by atoms with Gasteiger partial charge in [0.25, 0.3) is 10.0 Å². The van der Waals surface area contributed by atoms with E-state index in [9.17, 15) is 18.0 Å². The lowest BCUT2D eigenvalue weighted by Gasteiger charge is -2.23. The van der Waals surface area contributed by atoms with Gasteiger partial charge in [0.05, 0.1) is 0 Å². The number of hydrogen-bond acceptors (Lipinski definition) is 9. The largest absolute Gasteiger partial charge is 0.444 e. The van der Waals surface area contributed by atoms with Gasteiger partial charge in [-0.15, -0.1) is 11.3 Å². The first-order valence-electron chi connectivity index (χ1n) is 9.90. The first kappa shape index (κ1) is 26.0. The molecular weight excluding hydrogens is 470 g/mol. The summed E-state index contributed by atoms with van der Waals surface area (Å²) < 4.78 is 31.8. The van der Waals surface area contributed by atoms with E-state index in [1.807, 2.05) is 0 Å². The number of guanidine groups is 1. The van der Waals surface area contributed by atoms with E-state index in [2.05, 4.69) is 30.3 Å². The van der Waals surface area contributed by atoms with Gasteiger partial charge in [0.15, 0.2) is 10.2 Å². The van der Waals surface area contributed by atoms with Crippen LogP contribution in [0.4, 0.5) is 9.93 Å². The highest BCUT2D eigenvalue weighted by atomic mass is 32.2. The van der Waals surface area contributed by atoms with Crippen LogP contribution in [-0.2, 0) is 19.6 Å². The van der Waals surface area contributed by atoms with Crippen molar-refractivity contribution in [3.05, 3.63) is 36.0 Å². The van der Waals surface area contributed by atoms with Gasteiger partial charge in [-0.25, -0.2) is 19.5 Å². The molecule has 0 aliphatic carbocycles. The number of carbonyl (C=O) groups is 2. The molecule has 5 N–H and O–H groups in total. The Morgan fingerprint density at radius 2 is 2.00 bits per heavy atom. The fourth-order valence-electron chi connectivity index (χ4n) is 2.42. The van der Waals surface area contributed by atoms with Crippen molar-refractivity contribution in [1.82, 2.24) is 20.0 Å². The number of anilines is 1. The third kappa shape index (κ3) is 9.41. The van der Waals surface area contributed by atoms with Crippen LogP contribution in [0, 0.1) is 0 Å². The molecule has 0 radical (unpaired) electrons. The second kappa shape index (κ2) is 11.6. The summed E-state index contributed by atoms with van der Waals surface area (Å²) in [7, 11) is -3.95. The summed E-state index contributed by atoms with van der Waals surface area (Å²) in [6, 6.07) is 3.51. The number of nitrogens with two attached hydrogens (primary N) is 1. The zero-order valence-electron chi connectivity index (χ0n) is 18.4. The van der Waals surface area contributed by atoms with E-state index < -0.39 is 33.7 Å². The van der Waals surface area contributed by atoms with Crippen LogP contribution < -0.4 is 21.1 Å². The predicted molar refractivity (Wildman–Crippen MR) is 124 cm³/mol. The molecule has 14 heteroatoms. The molecule has 0 saturated carbocycles. The second-order valence-electron chi connectivity index (χ2n) is 7.71. The number of nitrogens with zero attached hydrogens (tertiary/aromatic N) is 3. The lowest BCUT2D eigenvalue weighted by atomic mass is 10.1. The Labute approximate surface area is 196 Å². The normalized spacial score (nSPS) is 13.1. The van der Waals surface area contributed by atoms with Crippen LogP contribution >= 0.6 is 11.3 Å². The zero-order chi connectivity index (χ0) is 24.5. The zero-order valence-corrected chi connectivity index (χ0v) is 20.1. The molecular formula is C19H27N7O5S2. The molecule has 0 spiro atoms. The van der Waals surface area contributed by atoms with Crippen molar-refractivity contribution in [2.45, 2.75) is 50.3 Å². The quantitative estimate of drug-likeness (QED) is 0.228. The van der Waals surface area contributed by atoms with Crippen LogP contribution in [0.5, 0.6) is 0 Å². The SMILES string of the molecule is CC(C)(C)OC(=O)N[C@@H](CCCN=C(N)NS(=O)(=O)c1ccccn1)C(=O)Nc1nccs1. The van der Waals surface area contributed by atoms with Crippen molar-refractivity contribution in [2.75, 3.05) is 11.9 Å². The van der Waals surface area contributed by atoms with Gasteiger partial charge >= 0.3 is 6.09 Å².